The van der Waals surface area contributed by atoms with Gasteiger partial charge >= 0.3 is 0 Å². The van der Waals surface area contributed by atoms with Gasteiger partial charge in [0.25, 0.3) is 0 Å². The minimum atomic E-state index is 0.380. The molecule has 2 fully saturated rings. The Morgan fingerprint density at radius 1 is 1.00 bits per heavy atom. The second kappa shape index (κ2) is 3.35. The van der Waals surface area contributed by atoms with Gasteiger partial charge in [-0.25, -0.2) is 5.01 Å². The highest BCUT2D eigenvalue weighted by molar-refractivity contribution is 4.91. The highest BCUT2D eigenvalue weighted by Gasteiger charge is 2.36. The zero-order chi connectivity index (χ0) is 8.44. The third-order valence-corrected chi connectivity index (χ3v) is 3.29. The summed E-state index contributed by atoms with van der Waals surface area (Å²) in [5.74, 6) is 0. The average molecular weight is 167 g/mol. The Hall–Kier alpha value is -0.0800. The molecule has 1 aliphatic carbocycles. The molecular formula is C10H19N2. The van der Waals surface area contributed by atoms with Crippen molar-refractivity contribution in [3.63, 3.8) is 0 Å². The van der Waals surface area contributed by atoms with E-state index >= 15 is 0 Å². The van der Waals surface area contributed by atoms with E-state index in [1.165, 1.54) is 51.5 Å². The lowest BCUT2D eigenvalue weighted by Gasteiger charge is -2.43. The molecule has 1 heterocycles. The number of hydrogen-bond acceptors (Lipinski definition) is 1. The SMILES string of the molecule is CN1CCCC2(CCCCC2)[N]1. The lowest BCUT2D eigenvalue weighted by atomic mass is 9.78. The van der Waals surface area contributed by atoms with Gasteiger partial charge in [-0.05, 0) is 25.7 Å². The van der Waals surface area contributed by atoms with Gasteiger partial charge in [0.1, 0.15) is 0 Å². The van der Waals surface area contributed by atoms with Gasteiger partial charge in [0.15, 0.2) is 0 Å². The minimum Gasteiger partial charge on any atom is -0.229 e. The van der Waals surface area contributed by atoms with Crippen molar-refractivity contribution in [3.05, 3.63) is 0 Å². The zero-order valence-corrected chi connectivity index (χ0v) is 8.05. The first kappa shape index (κ1) is 8.52. The predicted octanol–water partition coefficient (Wildman–Crippen LogP) is 1.93. The Bertz CT molecular complexity index is 144. The molecule has 0 amide bonds. The average Bonchev–Trinajstić information content (AvgIpc) is 2.05. The van der Waals surface area contributed by atoms with Gasteiger partial charge in [0.05, 0.1) is 5.54 Å². The van der Waals surface area contributed by atoms with Crippen LogP contribution >= 0.6 is 0 Å². The van der Waals surface area contributed by atoms with Gasteiger partial charge < -0.3 is 0 Å². The van der Waals surface area contributed by atoms with E-state index in [1.807, 2.05) is 0 Å². The molecular weight excluding hydrogens is 148 g/mol. The summed E-state index contributed by atoms with van der Waals surface area (Å²) in [5.41, 5.74) is 5.19. The molecule has 1 saturated heterocycles. The lowest BCUT2D eigenvalue weighted by Crippen LogP contribution is -2.52. The third kappa shape index (κ3) is 1.64. The van der Waals surface area contributed by atoms with E-state index in [1.54, 1.807) is 0 Å². The van der Waals surface area contributed by atoms with Crippen molar-refractivity contribution in [1.82, 2.24) is 10.4 Å². The second-order valence-corrected chi connectivity index (χ2v) is 4.37. The summed E-state index contributed by atoms with van der Waals surface area (Å²) >= 11 is 0. The Morgan fingerprint density at radius 3 is 2.33 bits per heavy atom. The van der Waals surface area contributed by atoms with E-state index in [0.717, 1.165) is 0 Å². The number of hydrogen-bond donors (Lipinski definition) is 0. The summed E-state index contributed by atoms with van der Waals surface area (Å²) in [6.45, 7) is 1.17. The van der Waals surface area contributed by atoms with Crippen LogP contribution in [0.4, 0.5) is 0 Å². The van der Waals surface area contributed by atoms with Crippen LogP contribution < -0.4 is 5.43 Å². The molecule has 0 bridgehead atoms. The van der Waals surface area contributed by atoms with Crippen molar-refractivity contribution in [3.8, 4) is 0 Å². The summed E-state index contributed by atoms with van der Waals surface area (Å²) < 4.78 is 0. The van der Waals surface area contributed by atoms with Crippen molar-refractivity contribution in [2.45, 2.75) is 50.5 Å². The van der Waals surface area contributed by atoms with E-state index in [4.69, 9.17) is 5.43 Å². The van der Waals surface area contributed by atoms with Crippen LogP contribution in [0.15, 0.2) is 0 Å². The molecule has 0 atom stereocenters. The van der Waals surface area contributed by atoms with E-state index in [9.17, 15) is 0 Å². The molecule has 1 radical (unpaired) electrons. The molecule has 1 aliphatic heterocycles. The van der Waals surface area contributed by atoms with E-state index in [0.29, 0.717) is 5.54 Å². The molecule has 0 aromatic carbocycles. The first-order chi connectivity index (χ1) is 5.81. The van der Waals surface area contributed by atoms with Gasteiger partial charge in [0, 0.05) is 13.6 Å². The van der Waals surface area contributed by atoms with Crippen LogP contribution in [0.1, 0.15) is 44.9 Å². The van der Waals surface area contributed by atoms with Crippen LogP contribution in [0.5, 0.6) is 0 Å². The smallest absolute Gasteiger partial charge is 0.0529 e. The van der Waals surface area contributed by atoms with Crippen LogP contribution in [0.3, 0.4) is 0 Å². The van der Waals surface area contributed by atoms with Crippen LogP contribution in [0.2, 0.25) is 0 Å². The molecule has 69 valence electrons. The molecule has 12 heavy (non-hydrogen) atoms. The van der Waals surface area contributed by atoms with Gasteiger partial charge in [-0.2, -0.15) is 5.43 Å². The first-order valence-electron chi connectivity index (χ1n) is 5.25. The van der Waals surface area contributed by atoms with Crippen molar-refractivity contribution in [2.24, 2.45) is 0 Å². The highest BCUT2D eigenvalue weighted by atomic mass is 15.5. The van der Waals surface area contributed by atoms with E-state index in [-0.39, 0.29) is 0 Å². The summed E-state index contributed by atoms with van der Waals surface area (Å²) in [5, 5.41) is 2.16. The molecule has 0 aromatic rings. The van der Waals surface area contributed by atoms with Crippen LogP contribution in [0.25, 0.3) is 0 Å². The molecule has 0 N–H and O–H groups in total. The van der Waals surface area contributed by atoms with Crippen LogP contribution in [-0.4, -0.2) is 24.1 Å². The molecule has 0 aromatic heterocycles. The topological polar surface area (TPSA) is 17.3 Å². The summed E-state index contributed by atoms with van der Waals surface area (Å²) in [6.07, 6.45) is 9.61. The van der Waals surface area contributed by atoms with Gasteiger partial charge in [-0.3, -0.25) is 0 Å². The van der Waals surface area contributed by atoms with Crippen LogP contribution in [-0.2, 0) is 0 Å². The van der Waals surface area contributed by atoms with Crippen LogP contribution in [0, 0.1) is 0 Å². The van der Waals surface area contributed by atoms with Crippen molar-refractivity contribution >= 4 is 0 Å². The molecule has 2 nitrogen and oxygen atoms in total. The maximum atomic E-state index is 4.81. The van der Waals surface area contributed by atoms with Crippen molar-refractivity contribution < 1.29 is 0 Å². The number of nitrogens with zero attached hydrogens (tertiary/aromatic N) is 2. The summed E-state index contributed by atoms with van der Waals surface area (Å²) in [4.78, 5) is 0. The summed E-state index contributed by atoms with van der Waals surface area (Å²) in [6, 6.07) is 0. The molecule has 0 unspecified atom stereocenters. The number of rotatable bonds is 0. The summed E-state index contributed by atoms with van der Waals surface area (Å²) in [7, 11) is 2.12. The fraction of sp³-hybridized carbons (Fsp3) is 1.00. The van der Waals surface area contributed by atoms with E-state index < -0.39 is 0 Å². The molecule has 1 saturated carbocycles. The monoisotopic (exact) mass is 167 g/mol. The molecule has 1 spiro atoms. The van der Waals surface area contributed by atoms with Gasteiger partial charge in [-0.15, -0.1) is 0 Å². The molecule has 2 heteroatoms. The Labute approximate surface area is 75.3 Å². The Kier molecular flexibility index (Phi) is 2.37. The fourth-order valence-corrected chi connectivity index (χ4v) is 2.66. The van der Waals surface area contributed by atoms with Gasteiger partial charge in [-0.1, -0.05) is 19.3 Å². The normalized spacial score (nSPS) is 30.8. The molecule has 2 aliphatic rings. The van der Waals surface area contributed by atoms with Crippen molar-refractivity contribution in [1.29, 1.82) is 0 Å². The van der Waals surface area contributed by atoms with E-state index in [2.05, 4.69) is 12.1 Å². The van der Waals surface area contributed by atoms with Gasteiger partial charge in [0.2, 0.25) is 0 Å². The quantitative estimate of drug-likeness (QED) is 0.539. The molecule has 2 rings (SSSR count). The largest absolute Gasteiger partial charge is 0.229 e. The lowest BCUT2D eigenvalue weighted by molar-refractivity contribution is 0.0408. The minimum absolute atomic E-state index is 0.380. The maximum absolute atomic E-state index is 4.81. The predicted molar refractivity (Wildman–Crippen MR) is 49.8 cm³/mol. The Balaban J connectivity index is 1.97. The first-order valence-corrected chi connectivity index (χ1v) is 5.25. The second-order valence-electron chi connectivity index (χ2n) is 4.37. The fourth-order valence-electron chi connectivity index (χ4n) is 2.66. The standard InChI is InChI=1S/C10H19N2/c1-12-9-5-8-10(11-12)6-3-2-4-7-10/h2-9H2,1H3. The highest BCUT2D eigenvalue weighted by Crippen LogP contribution is 2.35. The maximum Gasteiger partial charge on any atom is 0.0529 e. The Morgan fingerprint density at radius 2 is 1.67 bits per heavy atom. The van der Waals surface area contributed by atoms with Crippen molar-refractivity contribution in [2.75, 3.05) is 13.6 Å². The third-order valence-electron chi connectivity index (χ3n) is 3.29. The zero-order valence-electron chi connectivity index (χ0n) is 8.05.